The normalized spacial score (nSPS) is 14.8. The second kappa shape index (κ2) is 14.3. The van der Waals surface area contributed by atoms with Crippen LogP contribution in [0.3, 0.4) is 0 Å². The molecule has 1 unspecified atom stereocenters. The van der Waals surface area contributed by atoms with Crippen LogP contribution in [0.25, 0.3) is 0 Å². The van der Waals surface area contributed by atoms with Crippen molar-refractivity contribution in [1.29, 1.82) is 0 Å². The molecule has 0 heterocycles. The average Bonchev–Trinajstić information content (AvgIpc) is 2.80. The molecular weight excluding hydrogens is 644 g/mol. The fourth-order valence-electron chi connectivity index (χ4n) is 3.51. The number of hydrogen-bond acceptors (Lipinski definition) is 0. The van der Waals surface area contributed by atoms with E-state index in [9.17, 15) is 0 Å². The van der Waals surface area contributed by atoms with E-state index in [4.69, 9.17) is 0 Å². The minimum atomic E-state index is 0.624. The van der Waals surface area contributed by atoms with Crippen molar-refractivity contribution in [3.8, 4) is 0 Å². The van der Waals surface area contributed by atoms with Crippen LogP contribution in [0.5, 0.6) is 0 Å². The first kappa shape index (κ1) is 30.1. The Morgan fingerprint density at radius 3 is 1.14 bits per heavy atom. The third-order valence-corrected chi connectivity index (χ3v) is 6.88. The van der Waals surface area contributed by atoms with Gasteiger partial charge < -0.3 is 0 Å². The molecule has 0 aromatic heterocycles. The number of rotatable bonds is 3. The molecule has 29 heavy (non-hydrogen) atoms. The number of benzene rings is 1. The van der Waals surface area contributed by atoms with Crippen LogP contribution in [-0.4, -0.2) is 0 Å². The second-order valence-electron chi connectivity index (χ2n) is 8.81. The summed E-state index contributed by atoms with van der Waals surface area (Å²) in [6.07, 6.45) is 0. The van der Waals surface area contributed by atoms with Crippen molar-refractivity contribution in [2.45, 2.75) is 93.9 Å². The number of allylic oxidation sites excluding steroid dienone is 4. The molecule has 1 aliphatic carbocycles. The summed E-state index contributed by atoms with van der Waals surface area (Å²) in [6.45, 7) is 24.7. The van der Waals surface area contributed by atoms with E-state index in [-0.39, 0.29) is 0 Å². The fourth-order valence-corrected chi connectivity index (χ4v) is 4.53. The molecule has 168 valence electrons. The Kier molecular flexibility index (Phi) is 14.8. The molecule has 0 nitrogen and oxygen atoms in total. The van der Waals surface area contributed by atoms with E-state index in [1.807, 2.05) is 0 Å². The van der Waals surface area contributed by atoms with Crippen LogP contribution in [0.15, 0.2) is 34.4 Å². The first-order valence-corrected chi connectivity index (χ1v) is 17.8. The van der Waals surface area contributed by atoms with Crippen LogP contribution in [0.2, 0.25) is 0 Å². The Labute approximate surface area is 212 Å². The topological polar surface area (TPSA) is 0 Å². The second-order valence-corrected chi connectivity index (χ2v) is 18.3. The van der Waals surface area contributed by atoms with Crippen molar-refractivity contribution in [2.75, 3.05) is 0 Å². The fraction of sp³-hybridized carbons (Fsp3) is 0.560. The Morgan fingerprint density at radius 1 is 0.655 bits per heavy atom. The zero-order valence-electron chi connectivity index (χ0n) is 20.2. The van der Waals surface area contributed by atoms with Crippen LogP contribution in [0.1, 0.15) is 111 Å². The molecule has 0 aliphatic heterocycles. The van der Waals surface area contributed by atoms with Crippen molar-refractivity contribution in [1.82, 2.24) is 0 Å². The van der Waals surface area contributed by atoms with Crippen molar-refractivity contribution < 1.29 is 8.26 Å². The first-order valence-electron chi connectivity index (χ1n) is 10.3. The molecule has 2 rings (SSSR count). The van der Waals surface area contributed by atoms with Gasteiger partial charge >= 0.3 is 49.1 Å². The molecule has 0 N–H and O–H groups in total. The number of halogens is 2. The summed E-state index contributed by atoms with van der Waals surface area (Å²) >= 11 is 4.49. The van der Waals surface area contributed by atoms with Crippen LogP contribution < -0.4 is 5.30 Å². The van der Waals surface area contributed by atoms with Gasteiger partial charge in [-0.05, 0) is 73.3 Å². The molecule has 0 saturated carbocycles. The van der Waals surface area contributed by atoms with E-state index < -0.39 is 0 Å². The van der Waals surface area contributed by atoms with Crippen LogP contribution in [0, 0.1) is 5.92 Å². The van der Waals surface area contributed by atoms with E-state index in [1.54, 1.807) is 0 Å². The molecular formula is C25H41CoI2P+. The zero-order valence-corrected chi connectivity index (χ0v) is 27.0. The Hall–Kier alpha value is 1.10. The van der Waals surface area contributed by atoms with E-state index in [1.165, 1.54) is 58.5 Å². The molecule has 0 bridgehead atoms. The molecule has 1 aliphatic rings. The van der Waals surface area contributed by atoms with Gasteiger partial charge in [0.25, 0.3) is 0 Å². The summed E-state index contributed by atoms with van der Waals surface area (Å²) in [5.41, 5.74) is 10.4. The van der Waals surface area contributed by atoms with E-state index >= 15 is 0 Å². The van der Waals surface area contributed by atoms with Gasteiger partial charge in [-0.25, -0.2) is 0 Å². The predicted molar refractivity (Wildman–Crippen MR) is 153 cm³/mol. The van der Waals surface area contributed by atoms with Gasteiger partial charge in [0.2, 0.25) is 0 Å². The Morgan fingerprint density at radius 2 is 0.966 bits per heavy atom. The molecule has 1 radical (unpaired) electrons. The molecule has 4 heteroatoms. The predicted octanol–water partition coefficient (Wildman–Crippen LogP) is 9.33. The molecule has 0 fully saturated rings. The molecule has 1 atom stereocenters. The van der Waals surface area contributed by atoms with Gasteiger partial charge in [-0.1, -0.05) is 71.7 Å². The van der Waals surface area contributed by atoms with Gasteiger partial charge in [0.15, 0.2) is 0 Å². The standard InChI is InChI=1S/C15H25P.C10H15.Co.2HI/c1-9(2)12-7-13(10(3)4)15(16)14(8-12)11(5)6;1-6-7(2)9(4)10(5)8(6)3;;;/h7-11H,16H2,1-6H3;1-5H3;;2*1H/q;;+2;;/p-1. The van der Waals surface area contributed by atoms with Crippen LogP contribution >= 0.6 is 50.1 Å². The molecule has 1 aromatic carbocycles. The molecule has 0 amide bonds. The van der Waals surface area contributed by atoms with Crippen molar-refractivity contribution >= 4 is 55.4 Å². The maximum absolute atomic E-state index is 2.41. The van der Waals surface area contributed by atoms with Gasteiger partial charge in [-0.15, -0.1) is 0 Å². The zero-order chi connectivity index (χ0) is 23.0. The number of hydrogen-bond donors (Lipinski definition) is 0. The summed E-state index contributed by atoms with van der Waals surface area (Å²) < 4.78 is 0. The molecule has 1 aromatic rings. The monoisotopic (exact) mass is 685 g/mol. The third kappa shape index (κ3) is 8.86. The van der Waals surface area contributed by atoms with Crippen molar-refractivity contribution in [2.24, 2.45) is 0 Å². The van der Waals surface area contributed by atoms with Gasteiger partial charge in [0.1, 0.15) is 0 Å². The van der Waals surface area contributed by atoms with Crippen LogP contribution in [0.4, 0.5) is 0 Å². The third-order valence-electron chi connectivity index (χ3n) is 6.06. The average molecular weight is 685 g/mol. The quantitative estimate of drug-likeness (QED) is 0.220. The Bertz CT molecular complexity index is 677. The first-order chi connectivity index (χ1) is 13.3. The van der Waals surface area contributed by atoms with Crippen molar-refractivity contribution in [3.63, 3.8) is 0 Å². The SMILES string of the molecule is CC(C)c1cc(C(C)C)c([PH3+])c(C(C)C)c1.C[C]1C(C)=C(C)C(C)=C1C.[I][Co][I]. The van der Waals surface area contributed by atoms with E-state index in [0.29, 0.717) is 17.8 Å². The van der Waals surface area contributed by atoms with Gasteiger partial charge in [0, 0.05) is 15.2 Å². The molecule has 0 spiro atoms. The van der Waals surface area contributed by atoms with Gasteiger partial charge in [-0.3, -0.25) is 0 Å². The summed E-state index contributed by atoms with van der Waals surface area (Å²) in [4.78, 5) is 0. The van der Waals surface area contributed by atoms with E-state index in [0.717, 1.165) is 0 Å². The summed E-state index contributed by atoms with van der Waals surface area (Å²) in [7, 11) is 3.43. The van der Waals surface area contributed by atoms with Gasteiger partial charge in [0.05, 0.1) is 5.30 Å². The van der Waals surface area contributed by atoms with E-state index in [2.05, 4.69) is 138 Å². The molecule has 0 saturated heterocycles. The maximum atomic E-state index is 2.41. The Balaban J connectivity index is 0.000000514. The minimum absolute atomic E-state index is 0.624. The van der Waals surface area contributed by atoms with Crippen LogP contribution in [-0.2, 0) is 8.26 Å². The van der Waals surface area contributed by atoms with Crippen molar-refractivity contribution in [3.05, 3.63) is 57.0 Å². The van der Waals surface area contributed by atoms with Gasteiger partial charge in [-0.2, -0.15) is 0 Å². The summed E-state index contributed by atoms with van der Waals surface area (Å²) in [6, 6.07) is 4.81. The summed E-state index contributed by atoms with van der Waals surface area (Å²) in [5, 5.41) is 1.52. The summed E-state index contributed by atoms with van der Waals surface area (Å²) in [5.74, 6) is 3.35.